The lowest BCUT2D eigenvalue weighted by atomic mass is 10.1. The van der Waals surface area contributed by atoms with Crippen LogP contribution in [0, 0.1) is 6.92 Å². The molecule has 0 aliphatic carbocycles. The zero-order valence-electron chi connectivity index (χ0n) is 13.3. The van der Waals surface area contributed by atoms with Gasteiger partial charge in [-0.25, -0.2) is 0 Å². The molecule has 2 aromatic rings. The number of carbonyl (C=O) groups is 1. The van der Waals surface area contributed by atoms with Gasteiger partial charge in [0.1, 0.15) is 11.8 Å². The van der Waals surface area contributed by atoms with Gasteiger partial charge in [0.25, 0.3) is 5.91 Å². The number of amides is 1. The lowest BCUT2D eigenvalue weighted by Crippen LogP contribution is -2.86. The molecule has 0 aliphatic heterocycles. The molecule has 0 saturated carbocycles. The average Bonchev–Trinajstić information content (AvgIpc) is 2.53. The van der Waals surface area contributed by atoms with E-state index in [2.05, 4.69) is 24.4 Å². The van der Waals surface area contributed by atoms with Crippen molar-refractivity contribution in [1.29, 1.82) is 0 Å². The normalized spacial score (nSPS) is 11.8. The van der Waals surface area contributed by atoms with Crippen LogP contribution in [0.4, 0.5) is 5.69 Å². The van der Waals surface area contributed by atoms with Gasteiger partial charge < -0.3 is 15.4 Å². The van der Waals surface area contributed by atoms with Gasteiger partial charge in [0.2, 0.25) is 0 Å². The lowest BCUT2D eigenvalue weighted by molar-refractivity contribution is -0.682. The van der Waals surface area contributed by atoms with Crippen LogP contribution in [0.25, 0.3) is 0 Å². The maximum Gasteiger partial charge on any atom is 0.279 e. The molecule has 0 heterocycles. The van der Waals surface area contributed by atoms with Crippen molar-refractivity contribution in [2.75, 3.05) is 19.0 Å². The maximum absolute atomic E-state index is 12.1. The molecule has 116 valence electrons. The third-order valence-corrected chi connectivity index (χ3v) is 3.61. The Morgan fingerprint density at radius 2 is 1.95 bits per heavy atom. The molecule has 2 aromatic carbocycles. The van der Waals surface area contributed by atoms with Gasteiger partial charge in [-0.3, -0.25) is 4.79 Å². The van der Waals surface area contributed by atoms with Crippen molar-refractivity contribution in [2.24, 2.45) is 0 Å². The predicted octanol–water partition coefficient (Wildman–Crippen LogP) is 2.27. The Hall–Kier alpha value is -2.33. The van der Waals surface area contributed by atoms with E-state index in [0.717, 1.165) is 5.56 Å². The van der Waals surface area contributed by atoms with Crippen molar-refractivity contribution >= 4 is 11.6 Å². The van der Waals surface area contributed by atoms with Crippen molar-refractivity contribution in [1.82, 2.24) is 0 Å². The quantitative estimate of drug-likeness (QED) is 0.859. The zero-order valence-corrected chi connectivity index (χ0v) is 13.3. The molecule has 2 rings (SSSR count). The van der Waals surface area contributed by atoms with Crippen LogP contribution < -0.4 is 15.4 Å². The molecule has 22 heavy (non-hydrogen) atoms. The van der Waals surface area contributed by atoms with Crippen molar-refractivity contribution in [3.63, 3.8) is 0 Å². The standard InChI is InChI=1S/C18H22N2O2/c1-13-9-10-17(22-3)16(11-13)20-18(21)12-19-14(2)15-7-5-4-6-8-15/h4-11,14,19H,12H2,1-3H3,(H,20,21)/p+1/t14-/m1/s1. The SMILES string of the molecule is COc1ccc(C)cc1NC(=O)C[NH2+][C@H](C)c1ccccc1. The number of ether oxygens (including phenoxy) is 1. The first kappa shape index (κ1) is 16.0. The highest BCUT2D eigenvalue weighted by atomic mass is 16.5. The molecule has 0 fully saturated rings. The topological polar surface area (TPSA) is 54.9 Å². The van der Waals surface area contributed by atoms with Gasteiger partial charge in [-0.05, 0) is 31.5 Å². The molecule has 0 saturated heterocycles. The first-order valence-corrected chi connectivity index (χ1v) is 7.43. The molecule has 0 unspecified atom stereocenters. The first-order chi connectivity index (χ1) is 10.6. The lowest BCUT2D eigenvalue weighted by Gasteiger charge is -2.13. The molecule has 1 amide bonds. The van der Waals surface area contributed by atoms with E-state index in [-0.39, 0.29) is 11.9 Å². The van der Waals surface area contributed by atoms with Crippen LogP contribution >= 0.6 is 0 Å². The van der Waals surface area contributed by atoms with E-state index in [0.29, 0.717) is 18.0 Å². The molecule has 1 atom stereocenters. The van der Waals surface area contributed by atoms with Gasteiger partial charge in [-0.15, -0.1) is 0 Å². The number of quaternary nitrogens is 1. The number of methoxy groups -OCH3 is 1. The molecule has 0 radical (unpaired) electrons. The fourth-order valence-electron chi connectivity index (χ4n) is 2.30. The van der Waals surface area contributed by atoms with Gasteiger partial charge in [0, 0.05) is 5.56 Å². The van der Waals surface area contributed by atoms with Crippen LogP contribution in [0.3, 0.4) is 0 Å². The molecule has 3 N–H and O–H groups in total. The summed E-state index contributed by atoms with van der Waals surface area (Å²) >= 11 is 0. The second-order valence-electron chi connectivity index (χ2n) is 5.39. The highest BCUT2D eigenvalue weighted by molar-refractivity contribution is 5.93. The molecule has 0 aliphatic rings. The molecule has 4 heteroatoms. The molecular weight excluding hydrogens is 276 g/mol. The van der Waals surface area contributed by atoms with E-state index in [4.69, 9.17) is 4.74 Å². The number of aryl methyl sites for hydroxylation is 1. The van der Waals surface area contributed by atoms with Gasteiger partial charge >= 0.3 is 0 Å². The van der Waals surface area contributed by atoms with Crippen LogP contribution in [-0.2, 0) is 4.79 Å². The minimum Gasteiger partial charge on any atom is -0.495 e. The molecule has 4 nitrogen and oxygen atoms in total. The van der Waals surface area contributed by atoms with E-state index >= 15 is 0 Å². The number of rotatable bonds is 6. The first-order valence-electron chi connectivity index (χ1n) is 7.43. The summed E-state index contributed by atoms with van der Waals surface area (Å²) in [5.74, 6) is 0.640. The fourth-order valence-corrected chi connectivity index (χ4v) is 2.30. The summed E-state index contributed by atoms with van der Waals surface area (Å²) in [6.07, 6.45) is 0. The Bertz CT molecular complexity index is 626. The molecule has 0 bridgehead atoms. The van der Waals surface area contributed by atoms with Crippen LogP contribution in [-0.4, -0.2) is 19.6 Å². The predicted molar refractivity (Wildman–Crippen MR) is 88.0 cm³/mol. The van der Waals surface area contributed by atoms with E-state index in [1.165, 1.54) is 5.56 Å². The number of hydrogen-bond donors (Lipinski definition) is 2. The van der Waals surface area contributed by atoms with E-state index < -0.39 is 0 Å². The average molecular weight is 299 g/mol. The number of carbonyl (C=O) groups excluding carboxylic acids is 1. The number of anilines is 1. The smallest absolute Gasteiger partial charge is 0.279 e. The van der Waals surface area contributed by atoms with E-state index in [9.17, 15) is 4.79 Å². The number of hydrogen-bond acceptors (Lipinski definition) is 2. The summed E-state index contributed by atoms with van der Waals surface area (Å²) in [6, 6.07) is 16.1. The monoisotopic (exact) mass is 299 g/mol. The largest absolute Gasteiger partial charge is 0.495 e. The van der Waals surface area contributed by atoms with Gasteiger partial charge in [0.05, 0.1) is 12.8 Å². The van der Waals surface area contributed by atoms with Crippen LogP contribution in [0.15, 0.2) is 48.5 Å². The highest BCUT2D eigenvalue weighted by Gasteiger charge is 2.13. The third kappa shape index (κ3) is 4.33. The summed E-state index contributed by atoms with van der Waals surface area (Å²) < 4.78 is 5.27. The molecule has 0 aromatic heterocycles. The Kier molecular flexibility index (Phi) is 5.55. The van der Waals surface area contributed by atoms with Crippen molar-refractivity contribution in [3.05, 3.63) is 59.7 Å². The second-order valence-corrected chi connectivity index (χ2v) is 5.39. The van der Waals surface area contributed by atoms with Crippen LogP contribution in [0.5, 0.6) is 5.75 Å². The molecular formula is C18H23N2O2+. The summed E-state index contributed by atoms with van der Waals surface area (Å²) in [6.45, 7) is 4.45. The third-order valence-electron chi connectivity index (χ3n) is 3.61. The Balaban J connectivity index is 1.92. The Morgan fingerprint density at radius 3 is 2.64 bits per heavy atom. The van der Waals surface area contributed by atoms with Gasteiger partial charge in [-0.1, -0.05) is 36.4 Å². The van der Waals surface area contributed by atoms with E-state index in [1.807, 2.05) is 48.6 Å². The van der Waals surface area contributed by atoms with E-state index in [1.54, 1.807) is 7.11 Å². The number of nitrogens with two attached hydrogens (primary N) is 1. The Morgan fingerprint density at radius 1 is 1.23 bits per heavy atom. The van der Waals surface area contributed by atoms with Crippen molar-refractivity contribution in [3.8, 4) is 5.75 Å². The summed E-state index contributed by atoms with van der Waals surface area (Å²) in [5.41, 5.74) is 3.01. The summed E-state index contributed by atoms with van der Waals surface area (Å²) in [7, 11) is 1.60. The van der Waals surface area contributed by atoms with Crippen LogP contribution in [0.2, 0.25) is 0 Å². The molecule has 0 spiro atoms. The second kappa shape index (κ2) is 7.61. The Labute approximate surface area is 131 Å². The summed E-state index contributed by atoms with van der Waals surface area (Å²) in [5, 5.41) is 4.93. The van der Waals surface area contributed by atoms with Crippen LogP contribution in [0.1, 0.15) is 24.1 Å². The fraction of sp³-hybridized carbons (Fsp3) is 0.278. The minimum atomic E-state index is -0.0355. The number of benzene rings is 2. The maximum atomic E-state index is 12.1. The zero-order chi connectivity index (χ0) is 15.9. The van der Waals surface area contributed by atoms with Crippen molar-refractivity contribution in [2.45, 2.75) is 19.9 Å². The number of nitrogens with one attached hydrogen (secondary N) is 1. The minimum absolute atomic E-state index is 0.0355. The summed E-state index contributed by atoms with van der Waals surface area (Å²) in [4.78, 5) is 12.1. The highest BCUT2D eigenvalue weighted by Crippen LogP contribution is 2.24. The van der Waals surface area contributed by atoms with Gasteiger partial charge in [-0.2, -0.15) is 0 Å². The van der Waals surface area contributed by atoms with Gasteiger partial charge in [0.15, 0.2) is 6.54 Å². The van der Waals surface area contributed by atoms with Crippen molar-refractivity contribution < 1.29 is 14.8 Å².